The summed E-state index contributed by atoms with van der Waals surface area (Å²) in [5.41, 5.74) is -0.962. The van der Waals surface area contributed by atoms with Crippen LogP contribution < -0.4 is 5.32 Å². The number of alkyl halides is 3. The number of nitrogens with zero attached hydrogens (tertiary/aromatic N) is 1. The van der Waals surface area contributed by atoms with Crippen LogP contribution in [0.5, 0.6) is 0 Å². The van der Waals surface area contributed by atoms with Crippen molar-refractivity contribution in [2.75, 3.05) is 0 Å². The number of carbonyl (C=O) groups excluding carboxylic acids is 1. The number of nitrogens with one attached hydrogen (secondary N) is 1. The van der Waals surface area contributed by atoms with Crippen LogP contribution in [0, 0.1) is 17.2 Å². The van der Waals surface area contributed by atoms with Crippen LogP contribution in [0.2, 0.25) is 0 Å². The van der Waals surface area contributed by atoms with Crippen molar-refractivity contribution in [3.8, 4) is 6.07 Å². The van der Waals surface area contributed by atoms with E-state index in [0.717, 1.165) is 25.0 Å². The van der Waals surface area contributed by atoms with Gasteiger partial charge >= 0.3 is 6.18 Å². The van der Waals surface area contributed by atoms with Crippen molar-refractivity contribution in [2.45, 2.75) is 25.1 Å². The normalized spacial score (nSPS) is 16.5. The Labute approximate surface area is 108 Å². The van der Waals surface area contributed by atoms with Gasteiger partial charge in [0, 0.05) is 5.56 Å². The predicted molar refractivity (Wildman–Crippen MR) is 61.0 cm³/mol. The number of nitriles is 1. The Morgan fingerprint density at radius 2 is 2.11 bits per heavy atom. The molecule has 2 rings (SSSR count). The Morgan fingerprint density at radius 1 is 1.42 bits per heavy atom. The highest BCUT2D eigenvalue weighted by Crippen LogP contribution is 2.33. The molecular formula is C13H11F3N2O. The average molecular weight is 268 g/mol. The van der Waals surface area contributed by atoms with E-state index in [0.29, 0.717) is 0 Å². The van der Waals surface area contributed by atoms with E-state index in [4.69, 9.17) is 5.26 Å². The molecule has 1 aliphatic rings. The number of benzene rings is 1. The van der Waals surface area contributed by atoms with Gasteiger partial charge in [0.1, 0.15) is 6.04 Å². The van der Waals surface area contributed by atoms with Gasteiger partial charge in [0.2, 0.25) is 0 Å². The molecule has 0 saturated heterocycles. The Morgan fingerprint density at radius 3 is 2.63 bits per heavy atom. The highest BCUT2D eigenvalue weighted by atomic mass is 19.4. The van der Waals surface area contributed by atoms with E-state index in [1.54, 1.807) is 0 Å². The first-order chi connectivity index (χ1) is 8.91. The fourth-order valence-electron chi connectivity index (χ4n) is 1.75. The molecule has 1 saturated carbocycles. The van der Waals surface area contributed by atoms with Gasteiger partial charge in [-0.15, -0.1) is 0 Å². The lowest BCUT2D eigenvalue weighted by Gasteiger charge is -2.12. The third kappa shape index (κ3) is 3.25. The Kier molecular flexibility index (Phi) is 3.47. The number of carbonyl (C=O) groups is 1. The summed E-state index contributed by atoms with van der Waals surface area (Å²) in [6.45, 7) is 0. The highest BCUT2D eigenvalue weighted by Gasteiger charge is 2.33. The van der Waals surface area contributed by atoms with Gasteiger partial charge in [-0.3, -0.25) is 4.79 Å². The number of rotatable bonds is 3. The van der Waals surface area contributed by atoms with Crippen molar-refractivity contribution in [3.05, 3.63) is 35.4 Å². The summed E-state index contributed by atoms with van der Waals surface area (Å²) < 4.78 is 37.5. The summed E-state index contributed by atoms with van der Waals surface area (Å²) >= 11 is 0. The van der Waals surface area contributed by atoms with Crippen molar-refractivity contribution in [3.63, 3.8) is 0 Å². The fourth-order valence-corrected chi connectivity index (χ4v) is 1.75. The molecule has 1 aromatic carbocycles. The van der Waals surface area contributed by atoms with E-state index < -0.39 is 23.7 Å². The van der Waals surface area contributed by atoms with Crippen LogP contribution in [0.15, 0.2) is 24.3 Å². The zero-order chi connectivity index (χ0) is 14.0. The monoisotopic (exact) mass is 268 g/mol. The Balaban J connectivity index is 2.13. The van der Waals surface area contributed by atoms with E-state index in [1.807, 2.05) is 6.07 Å². The Hall–Kier alpha value is -2.03. The molecular weight excluding hydrogens is 257 g/mol. The van der Waals surface area contributed by atoms with Gasteiger partial charge < -0.3 is 5.32 Å². The van der Waals surface area contributed by atoms with Crippen molar-refractivity contribution >= 4 is 5.91 Å². The van der Waals surface area contributed by atoms with Gasteiger partial charge in [0.15, 0.2) is 0 Å². The minimum absolute atomic E-state index is 0.0873. The van der Waals surface area contributed by atoms with Gasteiger partial charge in [0.25, 0.3) is 5.91 Å². The number of amides is 1. The lowest BCUT2D eigenvalue weighted by atomic mass is 10.1. The summed E-state index contributed by atoms with van der Waals surface area (Å²) in [7, 11) is 0. The topological polar surface area (TPSA) is 52.9 Å². The largest absolute Gasteiger partial charge is 0.416 e. The van der Waals surface area contributed by atoms with E-state index in [1.165, 1.54) is 12.1 Å². The van der Waals surface area contributed by atoms with Crippen molar-refractivity contribution in [1.29, 1.82) is 5.26 Å². The van der Waals surface area contributed by atoms with Crippen LogP contribution in [-0.4, -0.2) is 11.9 Å². The molecule has 6 heteroatoms. The molecule has 1 atom stereocenters. The lowest BCUT2D eigenvalue weighted by molar-refractivity contribution is -0.137. The van der Waals surface area contributed by atoms with Gasteiger partial charge in [-0.1, -0.05) is 6.07 Å². The summed E-state index contributed by atoms with van der Waals surface area (Å²) in [5.74, 6) is -0.524. The summed E-state index contributed by atoms with van der Waals surface area (Å²) in [6, 6.07) is 5.50. The second-order valence-electron chi connectivity index (χ2n) is 4.50. The van der Waals surface area contributed by atoms with Crippen molar-refractivity contribution < 1.29 is 18.0 Å². The van der Waals surface area contributed by atoms with Crippen LogP contribution in [0.4, 0.5) is 13.2 Å². The first-order valence-corrected chi connectivity index (χ1v) is 5.79. The molecule has 0 bridgehead atoms. The fraction of sp³-hybridized carbons (Fsp3) is 0.385. The maximum absolute atomic E-state index is 12.5. The van der Waals surface area contributed by atoms with Crippen LogP contribution in [0.1, 0.15) is 28.8 Å². The van der Waals surface area contributed by atoms with Crippen LogP contribution in [0.25, 0.3) is 0 Å². The van der Waals surface area contributed by atoms with Gasteiger partial charge in [0.05, 0.1) is 11.6 Å². The van der Waals surface area contributed by atoms with E-state index in [9.17, 15) is 18.0 Å². The van der Waals surface area contributed by atoms with Crippen molar-refractivity contribution in [1.82, 2.24) is 5.32 Å². The second kappa shape index (κ2) is 4.92. The molecule has 3 nitrogen and oxygen atoms in total. The molecule has 0 radical (unpaired) electrons. The first kappa shape index (κ1) is 13.4. The highest BCUT2D eigenvalue weighted by molar-refractivity contribution is 5.94. The zero-order valence-corrected chi connectivity index (χ0v) is 9.87. The molecule has 19 heavy (non-hydrogen) atoms. The molecule has 0 heterocycles. The second-order valence-corrected chi connectivity index (χ2v) is 4.50. The molecule has 0 aliphatic heterocycles. The molecule has 0 aromatic heterocycles. The lowest BCUT2D eigenvalue weighted by Crippen LogP contribution is -2.35. The van der Waals surface area contributed by atoms with Crippen LogP contribution in [-0.2, 0) is 6.18 Å². The third-order valence-corrected chi connectivity index (χ3v) is 2.97. The molecule has 1 aromatic rings. The molecule has 1 amide bonds. The van der Waals surface area contributed by atoms with Crippen LogP contribution >= 0.6 is 0 Å². The van der Waals surface area contributed by atoms with E-state index >= 15 is 0 Å². The predicted octanol–water partition coefficient (Wildman–Crippen LogP) is 2.74. The number of halogens is 3. The van der Waals surface area contributed by atoms with E-state index in [-0.39, 0.29) is 11.5 Å². The quantitative estimate of drug-likeness (QED) is 0.916. The minimum Gasteiger partial charge on any atom is -0.336 e. The molecule has 1 unspecified atom stereocenters. The van der Waals surface area contributed by atoms with Crippen LogP contribution in [0.3, 0.4) is 0 Å². The standard InChI is InChI=1S/C13H11F3N2O/c14-13(15,16)10-3-1-2-9(6-10)12(19)18-11(7-17)8-4-5-8/h1-3,6,8,11H,4-5H2,(H,18,19). The SMILES string of the molecule is N#CC(NC(=O)c1cccc(C(F)(F)F)c1)C1CC1. The molecule has 100 valence electrons. The number of hydrogen-bond acceptors (Lipinski definition) is 2. The first-order valence-electron chi connectivity index (χ1n) is 5.79. The van der Waals surface area contributed by atoms with Gasteiger partial charge in [-0.25, -0.2) is 0 Å². The molecule has 1 N–H and O–H groups in total. The van der Waals surface area contributed by atoms with E-state index in [2.05, 4.69) is 5.32 Å². The van der Waals surface area contributed by atoms with Gasteiger partial charge in [-0.2, -0.15) is 18.4 Å². The summed E-state index contributed by atoms with van der Waals surface area (Å²) in [5, 5.41) is 11.3. The van der Waals surface area contributed by atoms with Gasteiger partial charge in [-0.05, 0) is 37.0 Å². The maximum Gasteiger partial charge on any atom is 0.416 e. The summed E-state index contributed by atoms with van der Waals surface area (Å²) in [6.07, 6.45) is -2.76. The molecule has 1 fully saturated rings. The molecule has 0 spiro atoms. The Bertz CT molecular complexity index is 529. The third-order valence-electron chi connectivity index (χ3n) is 2.97. The van der Waals surface area contributed by atoms with Crippen molar-refractivity contribution in [2.24, 2.45) is 5.92 Å². The minimum atomic E-state index is -4.48. The molecule has 1 aliphatic carbocycles. The number of hydrogen-bond donors (Lipinski definition) is 1. The maximum atomic E-state index is 12.5. The smallest absolute Gasteiger partial charge is 0.336 e. The summed E-state index contributed by atoms with van der Waals surface area (Å²) in [4.78, 5) is 11.8. The zero-order valence-electron chi connectivity index (χ0n) is 9.87. The average Bonchev–Trinajstić information content (AvgIpc) is 3.19.